The molecule has 30 heavy (non-hydrogen) atoms. The van der Waals surface area contributed by atoms with E-state index in [1.54, 1.807) is 17.2 Å². The number of hydrogen-bond donors (Lipinski definition) is 2. The summed E-state index contributed by atoms with van der Waals surface area (Å²) >= 11 is 0. The lowest BCUT2D eigenvalue weighted by atomic mass is 10.1. The summed E-state index contributed by atoms with van der Waals surface area (Å²) in [6.45, 7) is 2.65. The third kappa shape index (κ3) is 4.27. The quantitative estimate of drug-likeness (QED) is 0.680. The number of fused-ring (bicyclic) bond motifs is 1. The van der Waals surface area contributed by atoms with Crippen molar-refractivity contribution in [1.82, 2.24) is 20.3 Å². The number of pyridine rings is 1. The zero-order chi connectivity index (χ0) is 21.3. The molecule has 1 aliphatic rings. The van der Waals surface area contributed by atoms with Gasteiger partial charge in [0.05, 0.1) is 5.69 Å². The van der Waals surface area contributed by atoms with Gasteiger partial charge in [0.2, 0.25) is 5.95 Å². The SMILES string of the molecule is Cc1cc2c(NC(=O)N[C@@H]3CCN(c4nccc(C(F)(F)F)n4)C3)cccc2cn1. The topological polar surface area (TPSA) is 83.0 Å². The third-order valence-electron chi connectivity index (χ3n) is 4.89. The Morgan fingerprint density at radius 1 is 1.23 bits per heavy atom. The summed E-state index contributed by atoms with van der Waals surface area (Å²) in [7, 11) is 0. The molecule has 1 aliphatic heterocycles. The molecule has 7 nitrogen and oxygen atoms in total. The molecule has 1 fully saturated rings. The van der Waals surface area contributed by atoms with Crippen molar-refractivity contribution in [2.45, 2.75) is 25.6 Å². The van der Waals surface area contributed by atoms with Gasteiger partial charge in [0.15, 0.2) is 0 Å². The predicted molar refractivity (Wildman–Crippen MR) is 106 cm³/mol. The Morgan fingerprint density at radius 2 is 2.07 bits per heavy atom. The molecule has 2 aromatic heterocycles. The molecule has 0 aliphatic carbocycles. The second-order valence-electron chi connectivity index (χ2n) is 7.12. The van der Waals surface area contributed by atoms with E-state index in [0.717, 1.165) is 28.7 Å². The fourth-order valence-corrected chi connectivity index (χ4v) is 3.45. The summed E-state index contributed by atoms with van der Waals surface area (Å²) in [6, 6.07) is 7.66. The molecule has 0 saturated carbocycles. The van der Waals surface area contributed by atoms with Crippen molar-refractivity contribution >= 4 is 28.4 Å². The number of urea groups is 1. The molecule has 4 rings (SSSR count). The summed E-state index contributed by atoms with van der Waals surface area (Å²) in [6.07, 6.45) is -1.11. The summed E-state index contributed by atoms with van der Waals surface area (Å²) in [5.41, 5.74) is 0.513. The molecule has 0 spiro atoms. The number of anilines is 2. The Labute approximate surface area is 170 Å². The number of nitrogens with zero attached hydrogens (tertiary/aromatic N) is 4. The van der Waals surface area contributed by atoms with Gasteiger partial charge in [-0.05, 0) is 31.5 Å². The van der Waals surface area contributed by atoms with Crippen LogP contribution in [-0.2, 0) is 6.18 Å². The monoisotopic (exact) mass is 416 g/mol. The highest BCUT2D eigenvalue weighted by atomic mass is 19.4. The van der Waals surface area contributed by atoms with E-state index in [1.807, 2.05) is 25.1 Å². The minimum absolute atomic E-state index is 0.00608. The van der Waals surface area contributed by atoms with Crippen LogP contribution in [0.5, 0.6) is 0 Å². The predicted octanol–water partition coefficient (Wildman–Crippen LogP) is 3.75. The summed E-state index contributed by atoms with van der Waals surface area (Å²) in [5.74, 6) is 0.00608. The maximum absolute atomic E-state index is 12.9. The van der Waals surface area contributed by atoms with E-state index in [-0.39, 0.29) is 18.0 Å². The van der Waals surface area contributed by atoms with Crippen molar-refractivity contribution < 1.29 is 18.0 Å². The highest BCUT2D eigenvalue weighted by Crippen LogP contribution is 2.29. The number of nitrogens with one attached hydrogen (secondary N) is 2. The van der Waals surface area contributed by atoms with E-state index in [4.69, 9.17) is 0 Å². The Hall–Kier alpha value is -3.43. The molecule has 0 radical (unpaired) electrons. The van der Waals surface area contributed by atoms with Gasteiger partial charge < -0.3 is 15.5 Å². The van der Waals surface area contributed by atoms with Crippen molar-refractivity contribution in [1.29, 1.82) is 0 Å². The van der Waals surface area contributed by atoms with E-state index in [1.165, 1.54) is 0 Å². The zero-order valence-corrected chi connectivity index (χ0v) is 16.1. The number of halogens is 3. The smallest absolute Gasteiger partial charge is 0.339 e. The standard InChI is InChI=1S/C20H19F3N6O/c1-12-9-15-13(10-25-12)3-2-4-16(15)27-19(30)26-14-6-8-29(11-14)18-24-7-5-17(28-18)20(21,22)23/h2-5,7,9-10,14H,6,8,11H2,1H3,(H2,26,27,30)/t14-/m1/s1. The van der Waals surface area contributed by atoms with E-state index in [0.29, 0.717) is 25.2 Å². The van der Waals surface area contributed by atoms with Gasteiger partial charge >= 0.3 is 12.2 Å². The lowest BCUT2D eigenvalue weighted by Gasteiger charge is -2.18. The van der Waals surface area contributed by atoms with Gasteiger partial charge in [-0.25, -0.2) is 14.8 Å². The fraction of sp³-hybridized carbons (Fsp3) is 0.300. The molecule has 10 heteroatoms. The highest BCUT2D eigenvalue weighted by Gasteiger charge is 2.34. The highest BCUT2D eigenvalue weighted by molar-refractivity contribution is 6.01. The van der Waals surface area contributed by atoms with Crippen LogP contribution in [0.25, 0.3) is 10.8 Å². The maximum atomic E-state index is 12.9. The van der Waals surface area contributed by atoms with E-state index < -0.39 is 11.9 Å². The molecule has 3 heterocycles. The lowest BCUT2D eigenvalue weighted by molar-refractivity contribution is -0.141. The molecule has 156 valence electrons. The van der Waals surface area contributed by atoms with Crippen LogP contribution in [0.15, 0.2) is 42.7 Å². The molecule has 2 amide bonds. The normalized spacial score (nSPS) is 16.7. The van der Waals surface area contributed by atoms with Crippen LogP contribution in [0.3, 0.4) is 0 Å². The number of aromatic nitrogens is 3. The second-order valence-corrected chi connectivity index (χ2v) is 7.12. The molecule has 2 N–H and O–H groups in total. The Kier molecular flexibility index (Phi) is 5.15. The zero-order valence-electron chi connectivity index (χ0n) is 16.1. The number of amides is 2. The van der Waals surface area contributed by atoms with Gasteiger partial charge in [-0.1, -0.05) is 12.1 Å². The van der Waals surface area contributed by atoms with Crippen LogP contribution in [-0.4, -0.2) is 40.1 Å². The molecule has 1 saturated heterocycles. The van der Waals surface area contributed by atoms with E-state index >= 15 is 0 Å². The molecule has 0 bridgehead atoms. The van der Waals surface area contributed by atoms with Crippen LogP contribution >= 0.6 is 0 Å². The molecule has 3 aromatic rings. The number of hydrogen-bond acceptors (Lipinski definition) is 5. The van der Waals surface area contributed by atoms with Gasteiger partial charge in [0.1, 0.15) is 5.69 Å². The second kappa shape index (κ2) is 7.77. The van der Waals surface area contributed by atoms with Gasteiger partial charge in [-0.2, -0.15) is 13.2 Å². The Bertz CT molecular complexity index is 1090. The van der Waals surface area contributed by atoms with Gasteiger partial charge in [-0.3, -0.25) is 4.98 Å². The number of alkyl halides is 3. The largest absolute Gasteiger partial charge is 0.433 e. The number of carbonyl (C=O) groups excluding carboxylic acids is 1. The van der Waals surface area contributed by atoms with Crippen LogP contribution in [0, 0.1) is 6.92 Å². The number of aryl methyl sites for hydroxylation is 1. The molecule has 0 unspecified atom stereocenters. The maximum Gasteiger partial charge on any atom is 0.433 e. The number of carbonyl (C=O) groups is 1. The van der Waals surface area contributed by atoms with Gasteiger partial charge in [-0.15, -0.1) is 0 Å². The average Bonchev–Trinajstić information content (AvgIpc) is 3.16. The molecular weight excluding hydrogens is 397 g/mol. The van der Waals surface area contributed by atoms with Crippen molar-refractivity contribution in [3.8, 4) is 0 Å². The van der Waals surface area contributed by atoms with Crippen LogP contribution in [0.2, 0.25) is 0 Å². The van der Waals surface area contributed by atoms with Gasteiger partial charge in [0, 0.05) is 48.0 Å². The summed E-state index contributed by atoms with van der Waals surface area (Å²) in [4.78, 5) is 25.9. The molecule has 1 aromatic carbocycles. The first-order valence-corrected chi connectivity index (χ1v) is 9.38. The van der Waals surface area contributed by atoms with Crippen LogP contribution < -0.4 is 15.5 Å². The third-order valence-corrected chi connectivity index (χ3v) is 4.89. The minimum Gasteiger partial charge on any atom is -0.339 e. The summed E-state index contributed by atoms with van der Waals surface area (Å²) < 4.78 is 38.6. The van der Waals surface area contributed by atoms with Crippen molar-refractivity contribution in [2.24, 2.45) is 0 Å². The molecule has 1 atom stereocenters. The van der Waals surface area contributed by atoms with Gasteiger partial charge in [0.25, 0.3) is 0 Å². The summed E-state index contributed by atoms with van der Waals surface area (Å²) in [5, 5.41) is 7.50. The average molecular weight is 416 g/mol. The van der Waals surface area contributed by atoms with Crippen LogP contribution in [0.1, 0.15) is 17.8 Å². The van der Waals surface area contributed by atoms with Crippen molar-refractivity contribution in [3.63, 3.8) is 0 Å². The fourth-order valence-electron chi connectivity index (χ4n) is 3.45. The lowest BCUT2D eigenvalue weighted by Crippen LogP contribution is -2.40. The van der Waals surface area contributed by atoms with Crippen molar-refractivity contribution in [2.75, 3.05) is 23.3 Å². The molecular formula is C20H19F3N6O. The minimum atomic E-state index is -4.53. The first-order valence-electron chi connectivity index (χ1n) is 9.38. The van der Waals surface area contributed by atoms with E-state index in [9.17, 15) is 18.0 Å². The van der Waals surface area contributed by atoms with Crippen LogP contribution in [0.4, 0.5) is 29.6 Å². The number of rotatable bonds is 3. The first kappa shape index (κ1) is 19.9. The number of benzene rings is 1. The Balaban J connectivity index is 1.41. The first-order chi connectivity index (χ1) is 14.3. The van der Waals surface area contributed by atoms with E-state index in [2.05, 4.69) is 25.6 Å². The Morgan fingerprint density at radius 3 is 2.87 bits per heavy atom. The van der Waals surface area contributed by atoms with Crippen molar-refractivity contribution in [3.05, 3.63) is 54.1 Å².